The number of rotatable bonds is 2. The molecule has 0 aliphatic heterocycles. The lowest BCUT2D eigenvalue weighted by Gasteiger charge is -2.22. The number of hydrogen-bond acceptors (Lipinski definition) is 2. The summed E-state index contributed by atoms with van der Waals surface area (Å²) in [6.07, 6.45) is 8.81. The van der Waals surface area contributed by atoms with E-state index in [2.05, 4.69) is 5.32 Å². The van der Waals surface area contributed by atoms with Crippen molar-refractivity contribution in [3.8, 4) is 6.07 Å². The SMILES string of the molecule is N#Cc1cc(NC2CCCCCCC2)ccc1F. The lowest BCUT2D eigenvalue weighted by atomic mass is 9.96. The molecule has 0 saturated heterocycles. The van der Waals surface area contributed by atoms with Crippen molar-refractivity contribution in [2.45, 2.75) is 51.0 Å². The first-order valence-electron chi connectivity index (χ1n) is 6.76. The van der Waals surface area contributed by atoms with Gasteiger partial charge in [0.25, 0.3) is 0 Å². The highest BCUT2D eigenvalue weighted by atomic mass is 19.1. The van der Waals surface area contributed by atoms with E-state index >= 15 is 0 Å². The van der Waals surface area contributed by atoms with Gasteiger partial charge >= 0.3 is 0 Å². The Kier molecular flexibility index (Phi) is 4.58. The Morgan fingerprint density at radius 3 is 2.44 bits per heavy atom. The number of halogens is 1. The number of hydrogen-bond donors (Lipinski definition) is 1. The number of nitrogens with zero attached hydrogens (tertiary/aromatic N) is 1. The molecule has 0 radical (unpaired) electrons. The third kappa shape index (κ3) is 3.46. The second-order valence-corrected chi connectivity index (χ2v) is 4.99. The van der Waals surface area contributed by atoms with Crippen LogP contribution in [0.5, 0.6) is 0 Å². The molecular formula is C15H19FN2. The number of nitrogens with one attached hydrogen (secondary N) is 1. The van der Waals surface area contributed by atoms with Crippen molar-refractivity contribution < 1.29 is 4.39 Å². The molecule has 1 fully saturated rings. The van der Waals surface area contributed by atoms with Crippen molar-refractivity contribution in [3.05, 3.63) is 29.6 Å². The lowest BCUT2D eigenvalue weighted by molar-refractivity contribution is 0.471. The fraction of sp³-hybridized carbons (Fsp3) is 0.533. The zero-order chi connectivity index (χ0) is 12.8. The van der Waals surface area contributed by atoms with Gasteiger partial charge in [-0.3, -0.25) is 0 Å². The zero-order valence-electron chi connectivity index (χ0n) is 10.6. The average Bonchev–Trinajstić information content (AvgIpc) is 2.34. The van der Waals surface area contributed by atoms with E-state index in [4.69, 9.17) is 5.26 Å². The van der Waals surface area contributed by atoms with Crippen LogP contribution in [0.25, 0.3) is 0 Å². The number of benzene rings is 1. The van der Waals surface area contributed by atoms with Crippen molar-refractivity contribution >= 4 is 5.69 Å². The number of anilines is 1. The van der Waals surface area contributed by atoms with Gasteiger partial charge in [-0.1, -0.05) is 32.1 Å². The van der Waals surface area contributed by atoms with Crippen molar-refractivity contribution in [1.29, 1.82) is 5.26 Å². The molecule has 1 aromatic rings. The van der Waals surface area contributed by atoms with Crippen LogP contribution in [0.1, 0.15) is 50.5 Å². The normalized spacial score (nSPS) is 17.6. The summed E-state index contributed by atoms with van der Waals surface area (Å²) in [5.74, 6) is -0.444. The van der Waals surface area contributed by atoms with Crippen LogP contribution >= 0.6 is 0 Å². The molecule has 18 heavy (non-hydrogen) atoms. The van der Waals surface area contributed by atoms with Crippen LogP contribution in [0.15, 0.2) is 18.2 Å². The van der Waals surface area contributed by atoms with Gasteiger partial charge in [0, 0.05) is 11.7 Å². The highest BCUT2D eigenvalue weighted by molar-refractivity contribution is 5.50. The first-order chi connectivity index (χ1) is 8.79. The van der Waals surface area contributed by atoms with Gasteiger partial charge in [-0.15, -0.1) is 0 Å². The van der Waals surface area contributed by atoms with Crippen LogP contribution in [0, 0.1) is 17.1 Å². The fourth-order valence-corrected chi connectivity index (χ4v) is 2.54. The van der Waals surface area contributed by atoms with Crippen molar-refractivity contribution in [2.75, 3.05) is 5.32 Å². The van der Waals surface area contributed by atoms with Crippen LogP contribution in [0.3, 0.4) is 0 Å². The van der Waals surface area contributed by atoms with Gasteiger partial charge in [0.1, 0.15) is 11.9 Å². The molecule has 0 aromatic heterocycles. The summed E-state index contributed by atoms with van der Waals surface area (Å²) in [6.45, 7) is 0. The molecule has 1 N–H and O–H groups in total. The van der Waals surface area contributed by atoms with Crippen LogP contribution in [-0.4, -0.2) is 6.04 Å². The molecule has 0 amide bonds. The molecule has 0 bridgehead atoms. The van der Waals surface area contributed by atoms with Crippen LogP contribution in [0.4, 0.5) is 10.1 Å². The minimum Gasteiger partial charge on any atom is -0.382 e. The van der Waals surface area contributed by atoms with E-state index in [0.29, 0.717) is 6.04 Å². The van der Waals surface area contributed by atoms with E-state index in [1.165, 1.54) is 51.0 Å². The molecular weight excluding hydrogens is 227 g/mol. The molecule has 2 rings (SSSR count). The molecule has 1 aromatic carbocycles. The maximum Gasteiger partial charge on any atom is 0.141 e. The Balaban J connectivity index is 2.01. The summed E-state index contributed by atoms with van der Waals surface area (Å²) < 4.78 is 13.2. The summed E-state index contributed by atoms with van der Waals surface area (Å²) in [4.78, 5) is 0. The molecule has 0 atom stereocenters. The standard InChI is InChI=1S/C15H19FN2/c16-15-9-8-14(10-12(15)11-17)18-13-6-4-2-1-3-5-7-13/h8-10,13,18H,1-7H2. The Morgan fingerprint density at radius 2 is 1.78 bits per heavy atom. The monoisotopic (exact) mass is 246 g/mol. The minimum absolute atomic E-state index is 0.117. The number of nitriles is 1. The Morgan fingerprint density at radius 1 is 1.11 bits per heavy atom. The summed E-state index contributed by atoms with van der Waals surface area (Å²) in [7, 11) is 0. The molecule has 96 valence electrons. The van der Waals surface area contributed by atoms with Gasteiger partial charge in [-0.25, -0.2) is 4.39 Å². The van der Waals surface area contributed by atoms with Crippen molar-refractivity contribution in [3.63, 3.8) is 0 Å². The largest absolute Gasteiger partial charge is 0.382 e. The van der Waals surface area contributed by atoms with Gasteiger partial charge in [0.2, 0.25) is 0 Å². The maximum absolute atomic E-state index is 13.2. The Bertz CT molecular complexity index is 429. The molecule has 1 aliphatic rings. The molecule has 0 spiro atoms. The molecule has 3 heteroatoms. The predicted molar refractivity (Wildman–Crippen MR) is 70.8 cm³/mol. The lowest BCUT2D eigenvalue weighted by Crippen LogP contribution is -2.20. The summed E-state index contributed by atoms with van der Waals surface area (Å²) >= 11 is 0. The quantitative estimate of drug-likeness (QED) is 0.848. The van der Waals surface area contributed by atoms with Crippen LogP contribution < -0.4 is 5.32 Å². The predicted octanol–water partition coefficient (Wildman–Crippen LogP) is 4.22. The zero-order valence-corrected chi connectivity index (χ0v) is 10.6. The molecule has 0 unspecified atom stereocenters. The molecule has 1 saturated carbocycles. The third-order valence-corrected chi connectivity index (χ3v) is 3.56. The average molecular weight is 246 g/mol. The molecule has 1 aliphatic carbocycles. The summed E-state index contributed by atoms with van der Waals surface area (Å²) in [5, 5.41) is 12.2. The maximum atomic E-state index is 13.2. The third-order valence-electron chi connectivity index (χ3n) is 3.56. The minimum atomic E-state index is -0.444. The van der Waals surface area contributed by atoms with Crippen molar-refractivity contribution in [1.82, 2.24) is 0 Å². The second-order valence-electron chi connectivity index (χ2n) is 4.99. The summed E-state index contributed by atoms with van der Waals surface area (Å²) in [6, 6.07) is 7.03. The van der Waals surface area contributed by atoms with Gasteiger partial charge < -0.3 is 5.32 Å². The second kappa shape index (κ2) is 6.39. The van der Waals surface area contributed by atoms with Gasteiger partial charge in [-0.05, 0) is 31.0 Å². The van der Waals surface area contributed by atoms with Crippen LogP contribution in [-0.2, 0) is 0 Å². The molecule has 2 nitrogen and oxygen atoms in total. The Hall–Kier alpha value is -1.56. The van der Waals surface area contributed by atoms with E-state index in [0.717, 1.165) is 5.69 Å². The smallest absolute Gasteiger partial charge is 0.141 e. The highest BCUT2D eigenvalue weighted by Gasteiger charge is 2.12. The summed E-state index contributed by atoms with van der Waals surface area (Å²) in [5.41, 5.74) is 0.976. The van der Waals surface area contributed by atoms with Crippen molar-refractivity contribution in [2.24, 2.45) is 0 Å². The van der Waals surface area contributed by atoms with E-state index in [9.17, 15) is 4.39 Å². The van der Waals surface area contributed by atoms with E-state index in [-0.39, 0.29) is 5.56 Å². The van der Waals surface area contributed by atoms with Crippen LogP contribution in [0.2, 0.25) is 0 Å². The Labute approximate surface area is 108 Å². The topological polar surface area (TPSA) is 35.8 Å². The first-order valence-corrected chi connectivity index (χ1v) is 6.76. The fourth-order valence-electron chi connectivity index (χ4n) is 2.54. The van der Waals surface area contributed by atoms with Gasteiger partial charge in [0.15, 0.2) is 0 Å². The highest BCUT2D eigenvalue weighted by Crippen LogP contribution is 2.22. The van der Waals surface area contributed by atoms with Gasteiger partial charge in [0.05, 0.1) is 5.56 Å². The van der Waals surface area contributed by atoms with E-state index in [1.54, 1.807) is 12.1 Å². The first kappa shape index (κ1) is 12.9. The van der Waals surface area contributed by atoms with E-state index < -0.39 is 5.82 Å². The van der Waals surface area contributed by atoms with Gasteiger partial charge in [-0.2, -0.15) is 5.26 Å². The van der Waals surface area contributed by atoms with E-state index in [1.807, 2.05) is 6.07 Å². The molecule has 0 heterocycles.